The maximum absolute atomic E-state index is 2.19. The van der Waals surface area contributed by atoms with Crippen molar-refractivity contribution in [1.82, 2.24) is 4.31 Å². The summed E-state index contributed by atoms with van der Waals surface area (Å²) in [7, 11) is 4.11. The van der Waals surface area contributed by atoms with Gasteiger partial charge in [0, 0.05) is 32.5 Å². The molecule has 0 N–H and O–H groups in total. The van der Waals surface area contributed by atoms with Crippen molar-refractivity contribution in [3.8, 4) is 0 Å². The van der Waals surface area contributed by atoms with E-state index in [1.807, 2.05) is 0 Å². The van der Waals surface area contributed by atoms with Crippen LogP contribution in [0.5, 0.6) is 0 Å². The van der Waals surface area contributed by atoms with Gasteiger partial charge in [0.2, 0.25) is 0 Å². The molecule has 0 radical (unpaired) electrons. The highest BCUT2D eigenvalue weighted by atomic mass is 32.2. The van der Waals surface area contributed by atoms with Gasteiger partial charge in [-0.15, -0.1) is 0 Å². The van der Waals surface area contributed by atoms with Crippen LogP contribution in [0.2, 0.25) is 0 Å². The second-order valence-corrected chi connectivity index (χ2v) is 4.83. The minimum Gasteiger partial charge on any atom is -0.378 e. The standard InChI is InChI=1S/C13H16N2S/c1-14(2)13-6-4-12(5-7-13)8-10-15-9-3-11-16-15/h3-8,10-11H,9H2,1-2H3. The van der Waals surface area contributed by atoms with Crippen molar-refractivity contribution in [2.75, 3.05) is 25.5 Å². The van der Waals surface area contributed by atoms with E-state index in [1.54, 1.807) is 11.9 Å². The third kappa shape index (κ3) is 2.83. The lowest BCUT2D eigenvalue weighted by Crippen LogP contribution is -2.07. The number of anilines is 1. The SMILES string of the molecule is CN(C)c1ccc(C=CN2CC=CS2)cc1. The highest BCUT2D eigenvalue weighted by Crippen LogP contribution is 2.19. The number of hydrogen-bond acceptors (Lipinski definition) is 3. The second kappa shape index (κ2) is 5.12. The number of rotatable bonds is 3. The summed E-state index contributed by atoms with van der Waals surface area (Å²) in [6.45, 7) is 0.997. The van der Waals surface area contributed by atoms with Crippen LogP contribution in [0, 0.1) is 0 Å². The van der Waals surface area contributed by atoms with Gasteiger partial charge >= 0.3 is 0 Å². The highest BCUT2D eigenvalue weighted by molar-refractivity contribution is 8.00. The zero-order valence-corrected chi connectivity index (χ0v) is 10.4. The highest BCUT2D eigenvalue weighted by Gasteiger charge is 2.00. The van der Waals surface area contributed by atoms with E-state index in [4.69, 9.17) is 0 Å². The van der Waals surface area contributed by atoms with E-state index in [1.165, 1.54) is 11.3 Å². The maximum atomic E-state index is 2.19. The number of benzene rings is 1. The van der Waals surface area contributed by atoms with Crippen LogP contribution in [-0.4, -0.2) is 24.9 Å². The van der Waals surface area contributed by atoms with Crippen LogP contribution >= 0.6 is 11.9 Å². The molecule has 0 atom stereocenters. The zero-order valence-electron chi connectivity index (χ0n) is 9.63. The largest absolute Gasteiger partial charge is 0.378 e. The maximum Gasteiger partial charge on any atom is 0.0481 e. The van der Waals surface area contributed by atoms with E-state index in [2.05, 4.69) is 71.3 Å². The van der Waals surface area contributed by atoms with E-state index in [9.17, 15) is 0 Å². The molecule has 0 fully saturated rings. The second-order valence-electron chi connectivity index (χ2n) is 3.88. The first kappa shape index (κ1) is 11.1. The van der Waals surface area contributed by atoms with E-state index >= 15 is 0 Å². The molecule has 84 valence electrons. The average molecular weight is 232 g/mol. The molecule has 1 aromatic carbocycles. The normalized spacial score (nSPS) is 15.0. The Morgan fingerprint density at radius 1 is 1.25 bits per heavy atom. The Hall–Kier alpha value is -1.35. The molecule has 2 nitrogen and oxygen atoms in total. The summed E-state index contributed by atoms with van der Waals surface area (Å²) < 4.78 is 2.19. The Balaban J connectivity index is 1.99. The average Bonchev–Trinajstić information content (AvgIpc) is 2.80. The number of nitrogens with zero attached hydrogens (tertiary/aromatic N) is 2. The van der Waals surface area contributed by atoms with Crippen LogP contribution in [0.3, 0.4) is 0 Å². The van der Waals surface area contributed by atoms with Gasteiger partial charge in [0.1, 0.15) is 0 Å². The Morgan fingerprint density at radius 3 is 2.56 bits per heavy atom. The Bertz CT molecular complexity index is 385. The Labute approximate surface area is 101 Å². The molecule has 0 saturated carbocycles. The lowest BCUT2D eigenvalue weighted by atomic mass is 10.2. The quantitative estimate of drug-likeness (QED) is 0.739. The predicted octanol–water partition coefficient (Wildman–Crippen LogP) is 3.20. The van der Waals surface area contributed by atoms with Crippen LogP contribution in [0.1, 0.15) is 5.56 Å². The van der Waals surface area contributed by atoms with Gasteiger partial charge in [0.15, 0.2) is 0 Å². The van der Waals surface area contributed by atoms with Gasteiger partial charge in [0.25, 0.3) is 0 Å². The van der Waals surface area contributed by atoms with Crippen molar-refractivity contribution in [3.63, 3.8) is 0 Å². The first-order chi connectivity index (χ1) is 7.75. The van der Waals surface area contributed by atoms with E-state index < -0.39 is 0 Å². The smallest absolute Gasteiger partial charge is 0.0481 e. The fourth-order valence-corrected chi connectivity index (χ4v) is 2.09. The molecule has 0 aromatic heterocycles. The summed E-state index contributed by atoms with van der Waals surface area (Å²) in [4.78, 5) is 2.10. The minimum absolute atomic E-state index is 0.997. The lowest BCUT2D eigenvalue weighted by molar-refractivity contribution is 0.719. The third-order valence-corrected chi connectivity index (χ3v) is 3.28. The molecule has 1 aliphatic rings. The van der Waals surface area contributed by atoms with Gasteiger partial charge in [-0.1, -0.05) is 18.2 Å². The molecular formula is C13H16N2S. The molecule has 0 aliphatic carbocycles. The van der Waals surface area contributed by atoms with Crippen molar-refractivity contribution < 1.29 is 0 Å². The summed E-state index contributed by atoms with van der Waals surface area (Å²) >= 11 is 1.73. The predicted molar refractivity (Wildman–Crippen MR) is 73.2 cm³/mol. The lowest BCUT2D eigenvalue weighted by Gasteiger charge is -2.12. The van der Waals surface area contributed by atoms with Crippen LogP contribution in [0.25, 0.3) is 6.08 Å². The molecular weight excluding hydrogens is 216 g/mol. The van der Waals surface area contributed by atoms with Crippen LogP contribution in [0.4, 0.5) is 5.69 Å². The number of hydrogen-bond donors (Lipinski definition) is 0. The van der Waals surface area contributed by atoms with Crippen LogP contribution < -0.4 is 4.90 Å². The molecule has 0 bridgehead atoms. The van der Waals surface area contributed by atoms with Crippen molar-refractivity contribution in [2.45, 2.75) is 0 Å². The van der Waals surface area contributed by atoms with Crippen molar-refractivity contribution in [3.05, 3.63) is 47.5 Å². The van der Waals surface area contributed by atoms with Gasteiger partial charge in [-0.05, 0) is 41.1 Å². The molecule has 2 rings (SSSR count). The molecule has 1 aliphatic heterocycles. The molecule has 1 aromatic rings. The summed E-state index contributed by atoms with van der Waals surface area (Å²) in [5.41, 5.74) is 2.47. The fraction of sp³-hybridized carbons (Fsp3) is 0.231. The summed E-state index contributed by atoms with van der Waals surface area (Å²) in [5, 5.41) is 2.11. The molecule has 0 saturated heterocycles. The van der Waals surface area contributed by atoms with E-state index in [0.29, 0.717) is 0 Å². The zero-order chi connectivity index (χ0) is 11.4. The molecule has 16 heavy (non-hydrogen) atoms. The van der Waals surface area contributed by atoms with Gasteiger partial charge in [0.05, 0.1) is 0 Å². The molecule has 3 heteroatoms. The van der Waals surface area contributed by atoms with Crippen molar-refractivity contribution >= 4 is 23.7 Å². The van der Waals surface area contributed by atoms with E-state index in [-0.39, 0.29) is 0 Å². The van der Waals surface area contributed by atoms with Crippen molar-refractivity contribution in [1.29, 1.82) is 0 Å². The van der Waals surface area contributed by atoms with Gasteiger partial charge < -0.3 is 9.21 Å². The summed E-state index contributed by atoms with van der Waals surface area (Å²) in [5.74, 6) is 0. The molecule has 1 heterocycles. The fourth-order valence-electron chi connectivity index (χ4n) is 1.46. The summed E-state index contributed by atoms with van der Waals surface area (Å²) in [6.07, 6.45) is 6.42. The van der Waals surface area contributed by atoms with E-state index in [0.717, 1.165) is 6.54 Å². The van der Waals surface area contributed by atoms with Crippen LogP contribution in [-0.2, 0) is 0 Å². The van der Waals surface area contributed by atoms with Crippen molar-refractivity contribution in [2.24, 2.45) is 0 Å². The molecule has 0 amide bonds. The molecule has 0 spiro atoms. The first-order valence-corrected chi connectivity index (χ1v) is 6.13. The first-order valence-electron chi connectivity index (χ1n) is 5.30. The Kier molecular flexibility index (Phi) is 3.57. The van der Waals surface area contributed by atoms with Gasteiger partial charge in [-0.3, -0.25) is 0 Å². The van der Waals surface area contributed by atoms with Gasteiger partial charge in [-0.25, -0.2) is 0 Å². The summed E-state index contributed by atoms with van der Waals surface area (Å²) in [6, 6.07) is 8.55. The third-order valence-electron chi connectivity index (χ3n) is 2.42. The minimum atomic E-state index is 0.997. The monoisotopic (exact) mass is 232 g/mol. The topological polar surface area (TPSA) is 6.48 Å². The van der Waals surface area contributed by atoms with Crippen LogP contribution in [0.15, 0.2) is 41.9 Å². The Morgan fingerprint density at radius 2 is 2.00 bits per heavy atom. The van der Waals surface area contributed by atoms with Gasteiger partial charge in [-0.2, -0.15) is 0 Å². The molecule has 0 unspecified atom stereocenters.